The average Bonchev–Trinajstić information content (AvgIpc) is 2.17. The van der Waals surface area contributed by atoms with E-state index < -0.39 is 5.83 Å². The molecule has 0 bridgehead atoms. The third kappa shape index (κ3) is 5.02. The van der Waals surface area contributed by atoms with Gasteiger partial charge in [-0.3, -0.25) is 0 Å². The summed E-state index contributed by atoms with van der Waals surface area (Å²) in [6.45, 7) is 0.0264. The predicted octanol–water partition coefficient (Wildman–Crippen LogP) is 2.95. The Kier molecular flexibility index (Phi) is 7.13. The molecule has 15 heavy (non-hydrogen) atoms. The van der Waals surface area contributed by atoms with Gasteiger partial charge in [0.05, 0.1) is 5.02 Å². The quantitative estimate of drug-likeness (QED) is 0.894. The lowest BCUT2D eigenvalue weighted by Crippen LogP contribution is -2.01. The van der Waals surface area contributed by atoms with Crippen molar-refractivity contribution in [3.63, 3.8) is 0 Å². The number of ether oxygens (including phenoxy) is 1. The number of halogens is 3. The first-order valence-corrected chi connectivity index (χ1v) is 4.53. The molecule has 0 radical (unpaired) electrons. The molecule has 0 saturated carbocycles. The summed E-state index contributed by atoms with van der Waals surface area (Å²) in [6, 6.07) is 6.91. The molecule has 84 valence electrons. The Bertz CT molecular complexity index is 331. The van der Waals surface area contributed by atoms with Crippen LogP contribution in [0.1, 0.15) is 0 Å². The second-order valence-corrected chi connectivity index (χ2v) is 3.01. The van der Waals surface area contributed by atoms with Crippen molar-refractivity contribution in [3.05, 3.63) is 41.2 Å². The molecule has 0 aliphatic carbocycles. The fourth-order valence-corrected chi connectivity index (χ4v) is 1.09. The van der Waals surface area contributed by atoms with Crippen LogP contribution >= 0.6 is 24.0 Å². The number of nitrogens with two attached hydrogens (primary N) is 1. The minimum atomic E-state index is -0.396. The third-order valence-electron chi connectivity index (χ3n) is 1.54. The number of benzene rings is 1. The molecule has 0 atom stereocenters. The SMILES string of the molecule is Cl.NC/C=C(\F)COc1ccccc1Cl. The van der Waals surface area contributed by atoms with Crippen molar-refractivity contribution in [2.75, 3.05) is 13.2 Å². The maximum atomic E-state index is 12.8. The molecule has 0 aliphatic heterocycles. The molecular weight excluding hydrogens is 240 g/mol. The van der Waals surface area contributed by atoms with E-state index in [0.717, 1.165) is 0 Å². The summed E-state index contributed by atoms with van der Waals surface area (Å²) >= 11 is 5.79. The summed E-state index contributed by atoms with van der Waals surface area (Å²) < 4.78 is 18.0. The first-order valence-electron chi connectivity index (χ1n) is 4.16. The van der Waals surface area contributed by atoms with E-state index in [1.807, 2.05) is 0 Å². The van der Waals surface area contributed by atoms with Crippen molar-refractivity contribution in [2.45, 2.75) is 0 Å². The zero-order valence-corrected chi connectivity index (χ0v) is 9.52. The first kappa shape index (κ1) is 14.2. The van der Waals surface area contributed by atoms with Crippen molar-refractivity contribution < 1.29 is 9.13 Å². The van der Waals surface area contributed by atoms with Gasteiger partial charge in [-0.05, 0) is 18.2 Å². The molecule has 1 aromatic carbocycles. The number of hydrogen-bond acceptors (Lipinski definition) is 2. The second-order valence-electron chi connectivity index (χ2n) is 2.61. The van der Waals surface area contributed by atoms with Gasteiger partial charge >= 0.3 is 0 Å². The van der Waals surface area contributed by atoms with Crippen molar-refractivity contribution in [3.8, 4) is 5.75 Å². The lowest BCUT2D eigenvalue weighted by atomic mass is 10.3. The smallest absolute Gasteiger partial charge is 0.139 e. The van der Waals surface area contributed by atoms with Crippen LogP contribution in [0.3, 0.4) is 0 Å². The van der Waals surface area contributed by atoms with E-state index in [1.165, 1.54) is 6.08 Å². The maximum absolute atomic E-state index is 12.8. The van der Waals surface area contributed by atoms with Crippen LogP contribution < -0.4 is 10.5 Å². The van der Waals surface area contributed by atoms with Gasteiger partial charge in [-0.15, -0.1) is 12.4 Å². The molecule has 2 nitrogen and oxygen atoms in total. The molecule has 0 aliphatic rings. The van der Waals surface area contributed by atoms with E-state index in [-0.39, 0.29) is 25.6 Å². The molecule has 1 rings (SSSR count). The summed E-state index contributed by atoms with van der Waals surface area (Å²) in [6.07, 6.45) is 1.26. The van der Waals surface area contributed by atoms with Gasteiger partial charge in [-0.2, -0.15) is 0 Å². The van der Waals surface area contributed by atoms with E-state index in [2.05, 4.69) is 0 Å². The van der Waals surface area contributed by atoms with Crippen LogP contribution in [0.2, 0.25) is 5.02 Å². The van der Waals surface area contributed by atoms with Crippen molar-refractivity contribution in [1.82, 2.24) is 0 Å². The van der Waals surface area contributed by atoms with Gasteiger partial charge in [0.1, 0.15) is 18.2 Å². The van der Waals surface area contributed by atoms with Crippen LogP contribution in [0, 0.1) is 0 Å². The van der Waals surface area contributed by atoms with Crippen LogP contribution in [-0.2, 0) is 0 Å². The van der Waals surface area contributed by atoms with E-state index in [9.17, 15) is 4.39 Å². The van der Waals surface area contributed by atoms with E-state index in [1.54, 1.807) is 24.3 Å². The second kappa shape index (κ2) is 7.51. The normalized spacial score (nSPS) is 10.7. The standard InChI is InChI=1S/C10H11ClFNO.ClH/c11-9-3-1-2-4-10(9)14-7-8(12)5-6-13;/h1-5H,6-7,13H2;1H/b8-5-;. The highest BCUT2D eigenvalue weighted by atomic mass is 35.5. The Balaban J connectivity index is 0.00000196. The number of rotatable bonds is 4. The summed E-state index contributed by atoms with van der Waals surface area (Å²) in [5.74, 6) is 0.0714. The fourth-order valence-electron chi connectivity index (χ4n) is 0.895. The van der Waals surface area contributed by atoms with Gasteiger partial charge < -0.3 is 10.5 Å². The van der Waals surface area contributed by atoms with E-state index in [4.69, 9.17) is 22.1 Å². The van der Waals surface area contributed by atoms with Gasteiger partial charge in [0.15, 0.2) is 0 Å². The minimum absolute atomic E-state index is 0. The molecule has 0 spiro atoms. The summed E-state index contributed by atoms with van der Waals surface area (Å²) in [4.78, 5) is 0. The Hall–Kier alpha value is -0.770. The van der Waals surface area contributed by atoms with E-state index in [0.29, 0.717) is 10.8 Å². The van der Waals surface area contributed by atoms with Crippen LogP contribution in [0.4, 0.5) is 4.39 Å². The predicted molar refractivity (Wildman–Crippen MR) is 62.4 cm³/mol. The molecule has 0 aromatic heterocycles. The molecule has 0 amide bonds. The molecule has 0 heterocycles. The Labute approximate surface area is 99.3 Å². The van der Waals surface area contributed by atoms with E-state index >= 15 is 0 Å². The highest BCUT2D eigenvalue weighted by molar-refractivity contribution is 6.32. The summed E-state index contributed by atoms with van der Waals surface area (Å²) in [5.41, 5.74) is 5.13. The third-order valence-corrected chi connectivity index (χ3v) is 1.85. The van der Waals surface area contributed by atoms with Crippen LogP contribution in [0.25, 0.3) is 0 Å². The summed E-state index contributed by atoms with van der Waals surface area (Å²) in [5, 5.41) is 0.466. The molecule has 5 heteroatoms. The lowest BCUT2D eigenvalue weighted by Gasteiger charge is -2.05. The molecule has 0 fully saturated rings. The largest absolute Gasteiger partial charge is 0.485 e. The van der Waals surface area contributed by atoms with Gasteiger partial charge in [-0.25, -0.2) is 4.39 Å². The number of para-hydroxylation sites is 1. The van der Waals surface area contributed by atoms with Gasteiger partial charge in [0.25, 0.3) is 0 Å². The highest BCUT2D eigenvalue weighted by Gasteiger charge is 2.00. The first-order chi connectivity index (χ1) is 6.74. The Morgan fingerprint density at radius 1 is 1.47 bits per heavy atom. The van der Waals surface area contributed by atoms with Crippen molar-refractivity contribution >= 4 is 24.0 Å². The molecule has 0 unspecified atom stereocenters. The molecule has 0 saturated heterocycles. The molecular formula is C10H12Cl2FNO. The zero-order valence-electron chi connectivity index (χ0n) is 7.95. The monoisotopic (exact) mass is 251 g/mol. The van der Waals surface area contributed by atoms with Gasteiger partial charge in [-0.1, -0.05) is 23.7 Å². The van der Waals surface area contributed by atoms with Gasteiger partial charge in [0, 0.05) is 6.54 Å². The van der Waals surface area contributed by atoms with Crippen LogP contribution in [0.5, 0.6) is 5.75 Å². The van der Waals surface area contributed by atoms with Crippen LogP contribution in [0.15, 0.2) is 36.2 Å². The summed E-state index contributed by atoms with van der Waals surface area (Å²) in [7, 11) is 0. The molecule has 1 aromatic rings. The fraction of sp³-hybridized carbons (Fsp3) is 0.200. The van der Waals surface area contributed by atoms with Crippen molar-refractivity contribution in [2.24, 2.45) is 5.73 Å². The average molecular weight is 252 g/mol. The molecule has 2 N–H and O–H groups in total. The maximum Gasteiger partial charge on any atom is 0.139 e. The topological polar surface area (TPSA) is 35.2 Å². The van der Waals surface area contributed by atoms with Crippen LogP contribution in [-0.4, -0.2) is 13.2 Å². The Morgan fingerprint density at radius 3 is 2.73 bits per heavy atom. The highest BCUT2D eigenvalue weighted by Crippen LogP contribution is 2.23. The number of hydrogen-bond donors (Lipinski definition) is 1. The zero-order chi connectivity index (χ0) is 10.4. The minimum Gasteiger partial charge on any atom is -0.485 e. The Morgan fingerprint density at radius 2 is 2.13 bits per heavy atom. The van der Waals surface area contributed by atoms with Gasteiger partial charge in [0.2, 0.25) is 0 Å². The van der Waals surface area contributed by atoms with Crippen molar-refractivity contribution in [1.29, 1.82) is 0 Å². The lowest BCUT2D eigenvalue weighted by molar-refractivity contribution is 0.318.